The van der Waals surface area contributed by atoms with Crippen LogP contribution >= 0.6 is 27.3 Å². The Labute approximate surface area is 123 Å². The highest BCUT2D eigenvalue weighted by molar-refractivity contribution is 9.10. The van der Waals surface area contributed by atoms with Gasteiger partial charge in [0.2, 0.25) is 0 Å². The van der Waals surface area contributed by atoms with Gasteiger partial charge in [-0.15, -0.1) is 11.3 Å². The maximum Gasteiger partial charge on any atom is 0.193 e. The summed E-state index contributed by atoms with van der Waals surface area (Å²) in [4.78, 5) is 17.7. The largest absolute Gasteiger partial charge is 0.297 e. The number of aryl methyl sites for hydroxylation is 1. The molecule has 0 radical (unpaired) electrons. The molecule has 3 rings (SSSR count). The number of hydrogen-bond acceptors (Lipinski definition) is 3. The zero-order valence-electron chi connectivity index (χ0n) is 10.3. The molecule has 96 valence electrons. The Morgan fingerprint density at radius 1 is 1.47 bits per heavy atom. The number of nitrogens with zero attached hydrogens (tertiary/aromatic N) is 2. The van der Waals surface area contributed by atoms with Gasteiger partial charge in [0, 0.05) is 27.8 Å². The van der Waals surface area contributed by atoms with Crippen LogP contribution in [0.5, 0.6) is 0 Å². The number of Topliss-reactive ketones (excluding diaryl/α,β-unsaturated/α-hetero) is 1. The number of carbonyl (C=O) groups excluding carboxylic acids is 1. The Morgan fingerprint density at radius 2 is 2.32 bits per heavy atom. The fourth-order valence-electron chi connectivity index (χ4n) is 2.02. The van der Waals surface area contributed by atoms with Crippen LogP contribution in [0.1, 0.15) is 21.6 Å². The normalized spacial score (nSPS) is 11.1. The van der Waals surface area contributed by atoms with Crippen LogP contribution in [0, 0.1) is 6.92 Å². The van der Waals surface area contributed by atoms with Crippen LogP contribution in [0.15, 0.2) is 40.4 Å². The van der Waals surface area contributed by atoms with Gasteiger partial charge in [-0.05, 0) is 24.6 Å². The Morgan fingerprint density at radius 3 is 3.11 bits per heavy atom. The zero-order valence-corrected chi connectivity index (χ0v) is 12.7. The third-order valence-electron chi connectivity index (χ3n) is 2.98. The quantitative estimate of drug-likeness (QED) is 0.681. The Kier molecular flexibility index (Phi) is 3.24. The van der Waals surface area contributed by atoms with Crippen molar-refractivity contribution < 1.29 is 4.79 Å². The van der Waals surface area contributed by atoms with Gasteiger partial charge in [-0.25, -0.2) is 4.98 Å². The maximum absolute atomic E-state index is 12.3. The molecule has 1 aromatic carbocycles. The van der Waals surface area contributed by atoms with Crippen molar-refractivity contribution in [2.24, 2.45) is 0 Å². The topological polar surface area (TPSA) is 34.4 Å². The second kappa shape index (κ2) is 4.90. The first-order valence-corrected chi connectivity index (χ1v) is 7.51. The molecule has 0 N–H and O–H groups in total. The SMILES string of the molecule is Cc1ccc(Br)cc1C(=O)Cc1cn2ccsc2n1. The molecule has 19 heavy (non-hydrogen) atoms. The summed E-state index contributed by atoms with van der Waals surface area (Å²) in [6.07, 6.45) is 4.20. The number of ketones is 1. The van der Waals surface area contributed by atoms with E-state index >= 15 is 0 Å². The summed E-state index contributed by atoms with van der Waals surface area (Å²) in [5, 5.41) is 1.98. The molecule has 0 aliphatic carbocycles. The molecule has 0 amide bonds. The molecule has 0 aliphatic rings. The van der Waals surface area contributed by atoms with Crippen molar-refractivity contribution in [1.82, 2.24) is 9.38 Å². The lowest BCUT2D eigenvalue weighted by atomic mass is 10.0. The van der Waals surface area contributed by atoms with Crippen molar-refractivity contribution in [3.05, 3.63) is 57.3 Å². The standard InChI is InChI=1S/C14H11BrN2OS/c1-9-2-3-10(15)6-12(9)13(18)7-11-8-17-4-5-19-14(17)16-11/h2-6,8H,7H2,1H3. The van der Waals surface area contributed by atoms with Gasteiger partial charge in [-0.1, -0.05) is 22.0 Å². The Hall–Kier alpha value is -1.46. The molecule has 5 heteroatoms. The number of imidazole rings is 1. The van der Waals surface area contributed by atoms with Crippen molar-refractivity contribution in [2.75, 3.05) is 0 Å². The Balaban J connectivity index is 1.88. The predicted octanol–water partition coefficient (Wildman–Crippen LogP) is 3.89. The zero-order chi connectivity index (χ0) is 13.4. The van der Waals surface area contributed by atoms with Crippen molar-refractivity contribution in [3.63, 3.8) is 0 Å². The lowest BCUT2D eigenvalue weighted by Crippen LogP contribution is -2.06. The average Bonchev–Trinajstić information content (AvgIpc) is 2.92. The molecule has 3 aromatic rings. The van der Waals surface area contributed by atoms with E-state index in [1.807, 2.05) is 47.3 Å². The summed E-state index contributed by atoms with van der Waals surface area (Å²) < 4.78 is 2.87. The summed E-state index contributed by atoms with van der Waals surface area (Å²) in [5.74, 6) is 0.101. The molecular formula is C14H11BrN2OS. The summed E-state index contributed by atoms with van der Waals surface area (Å²) in [7, 11) is 0. The van der Waals surface area contributed by atoms with Crippen LogP contribution in [-0.2, 0) is 6.42 Å². The predicted molar refractivity (Wildman–Crippen MR) is 80.0 cm³/mol. The van der Waals surface area contributed by atoms with E-state index in [-0.39, 0.29) is 5.78 Å². The van der Waals surface area contributed by atoms with Gasteiger partial charge in [0.05, 0.1) is 12.1 Å². The first-order chi connectivity index (χ1) is 9.13. The fraction of sp³-hybridized carbons (Fsp3) is 0.143. The lowest BCUT2D eigenvalue weighted by Gasteiger charge is -2.04. The second-order valence-corrected chi connectivity index (χ2v) is 6.17. The van der Waals surface area contributed by atoms with Gasteiger partial charge in [-0.3, -0.25) is 9.20 Å². The Bertz CT molecular complexity index is 731. The van der Waals surface area contributed by atoms with Crippen LogP contribution < -0.4 is 0 Å². The lowest BCUT2D eigenvalue weighted by molar-refractivity contribution is 0.0991. The van der Waals surface area contributed by atoms with Crippen molar-refractivity contribution in [1.29, 1.82) is 0 Å². The summed E-state index contributed by atoms with van der Waals surface area (Å²) >= 11 is 4.97. The van der Waals surface area contributed by atoms with Gasteiger partial charge in [0.1, 0.15) is 0 Å². The molecule has 0 aliphatic heterocycles. The monoisotopic (exact) mass is 334 g/mol. The van der Waals surface area contributed by atoms with Crippen LogP contribution in [-0.4, -0.2) is 15.2 Å². The van der Waals surface area contributed by atoms with Crippen molar-refractivity contribution in [2.45, 2.75) is 13.3 Å². The van der Waals surface area contributed by atoms with E-state index in [1.165, 1.54) is 0 Å². The summed E-state index contributed by atoms with van der Waals surface area (Å²) in [6, 6.07) is 5.76. The van der Waals surface area contributed by atoms with E-state index in [9.17, 15) is 4.79 Å². The minimum absolute atomic E-state index is 0.101. The molecule has 0 atom stereocenters. The number of hydrogen-bond donors (Lipinski definition) is 0. The van der Waals surface area contributed by atoms with E-state index in [0.29, 0.717) is 6.42 Å². The summed E-state index contributed by atoms with van der Waals surface area (Å²) in [6.45, 7) is 1.95. The van der Waals surface area contributed by atoms with Gasteiger partial charge in [0.25, 0.3) is 0 Å². The highest BCUT2D eigenvalue weighted by Gasteiger charge is 2.13. The van der Waals surface area contributed by atoms with Crippen LogP contribution in [0.4, 0.5) is 0 Å². The molecule has 0 fully saturated rings. The molecule has 0 saturated heterocycles. The first kappa shape index (κ1) is 12.6. The number of thiazole rings is 1. The molecule has 2 aromatic heterocycles. The molecule has 0 unspecified atom stereocenters. The number of aromatic nitrogens is 2. The molecule has 3 nitrogen and oxygen atoms in total. The van der Waals surface area contributed by atoms with Gasteiger partial charge >= 0.3 is 0 Å². The van der Waals surface area contributed by atoms with Gasteiger partial charge < -0.3 is 0 Å². The maximum atomic E-state index is 12.3. The number of rotatable bonds is 3. The molecular weight excluding hydrogens is 324 g/mol. The van der Waals surface area contributed by atoms with Crippen molar-refractivity contribution >= 4 is 38.0 Å². The van der Waals surface area contributed by atoms with E-state index < -0.39 is 0 Å². The molecule has 0 saturated carbocycles. The van der Waals surface area contributed by atoms with Gasteiger partial charge in [-0.2, -0.15) is 0 Å². The average molecular weight is 335 g/mol. The first-order valence-electron chi connectivity index (χ1n) is 5.84. The smallest absolute Gasteiger partial charge is 0.193 e. The van der Waals surface area contributed by atoms with Gasteiger partial charge in [0.15, 0.2) is 10.7 Å². The third-order valence-corrected chi connectivity index (χ3v) is 4.25. The fourth-order valence-corrected chi connectivity index (χ4v) is 3.10. The minimum atomic E-state index is 0.101. The summed E-state index contributed by atoms with van der Waals surface area (Å²) in [5.41, 5.74) is 2.57. The van der Waals surface area contributed by atoms with Crippen molar-refractivity contribution in [3.8, 4) is 0 Å². The number of halogens is 1. The van der Waals surface area contributed by atoms with E-state index in [2.05, 4.69) is 20.9 Å². The molecule has 2 heterocycles. The van der Waals surface area contributed by atoms with Crippen LogP contribution in [0.25, 0.3) is 4.96 Å². The van der Waals surface area contributed by atoms with Crippen LogP contribution in [0.2, 0.25) is 0 Å². The third kappa shape index (κ3) is 2.48. The van der Waals surface area contributed by atoms with Crippen LogP contribution in [0.3, 0.4) is 0 Å². The number of carbonyl (C=O) groups is 1. The molecule has 0 spiro atoms. The van der Waals surface area contributed by atoms with E-state index in [1.54, 1.807) is 11.3 Å². The number of fused-ring (bicyclic) bond motifs is 1. The molecule has 0 bridgehead atoms. The highest BCUT2D eigenvalue weighted by atomic mass is 79.9. The number of benzene rings is 1. The van der Waals surface area contributed by atoms with E-state index in [0.717, 1.165) is 26.3 Å². The highest BCUT2D eigenvalue weighted by Crippen LogP contribution is 2.19. The minimum Gasteiger partial charge on any atom is -0.297 e. The van der Waals surface area contributed by atoms with E-state index in [4.69, 9.17) is 0 Å². The second-order valence-electron chi connectivity index (χ2n) is 4.38.